The number of hydrogen-bond donors (Lipinski definition) is 3. The molecule has 3 N–H and O–H groups in total. The maximum absolute atomic E-state index is 11.5. The molecule has 0 saturated heterocycles. The van der Waals surface area contributed by atoms with Gasteiger partial charge in [-0.05, 0) is 52.4 Å². The lowest BCUT2D eigenvalue weighted by atomic mass is 10.1. The molecular weight excluding hydrogens is 410 g/mol. The van der Waals surface area contributed by atoms with Crippen LogP contribution < -0.4 is 16.0 Å². The molecule has 8 heteroatoms. The Morgan fingerprint density at radius 1 is 0.469 bits per heavy atom. The zero-order valence-electron chi connectivity index (χ0n) is 20.6. The smallest absolute Gasteiger partial charge is 0.219 e. The quantitative estimate of drug-likeness (QED) is 0.272. The Bertz CT molecular complexity index is 510. The lowest BCUT2D eigenvalue weighted by Gasteiger charge is -2.05. The van der Waals surface area contributed by atoms with Gasteiger partial charge in [-0.1, -0.05) is 19.3 Å². The molecule has 0 aliphatic carbocycles. The summed E-state index contributed by atoms with van der Waals surface area (Å²) >= 11 is 0. The summed E-state index contributed by atoms with van der Waals surface area (Å²) in [6, 6.07) is 0. The molecule has 0 radical (unpaired) electrons. The van der Waals surface area contributed by atoms with Crippen LogP contribution in [-0.4, -0.2) is 48.9 Å². The zero-order chi connectivity index (χ0) is 24.6. The topological polar surface area (TPSA) is 121 Å². The molecule has 32 heavy (non-hydrogen) atoms. The first-order valence-electron chi connectivity index (χ1n) is 11.9. The fourth-order valence-corrected chi connectivity index (χ4v) is 2.78. The average Bonchev–Trinajstić information content (AvgIpc) is 2.69. The van der Waals surface area contributed by atoms with Gasteiger partial charge in [0, 0.05) is 54.2 Å². The lowest BCUT2D eigenvalue weighted by Crippen LogP contribution is -2.24. The first-order valence-corrected chi connectivity index (χ1v) is 11.9. The van der Waals surface area contributed by atoms with Crippen LogP contribution in [0, 0.1) is 0 Å². The molecule has 0 rings (SSSR count). The van der Waals surface area contributed by atoms with E-state index in [-0.39, 0.29) is 30.7 Å². The molecule has 0 atom stereocenters. The molecule has 8 nitrogen and oxygen atoms in total. The van der Waals surface area contributed by atoms with Gasteiger partial charge in [0.1, 0.15) is 11.6 Å². The summed E-state index contributed by atoms with van der Waals surface area (Å²) < 4.78 is 0. The van der Waals surface area contributed by atoms with E-state index < -0.39 is 0 Å². The summed E-state index contributed by atoms with van der Waals surface area (Å²) in [5, 5.41) is 8.33. The van der Waals surface area contributed by atoms with E-state index in [1.165, 1.54) is 13.8 Å². The molecule has 0 unspecified atom stereocenters. The number of Topliss-reactive ketones (excluding diaryl/α,β-unsaturated/α-hetero) is 2. The van der Waals surface area contributed by atoms with Gasteiger partial charge in [-0.2, -0.15) is 0 Å². The largest absolute Gasteiger partial charge is 0.356 e. The first-order chi connectivity index (χ1) is 15.1. The van der Waals surface area contributed by atoms with E-state index in [9.17, 15) is 24.0 Å². The minimum atomic E-state index is -0.00693. The summed E-state index contributed by atoms with van der Waals surface area (Å²) in [4.78, 5) is 53.8. The SMILES string of the molecule is CC(=O)CCCCCNC(=O)CCCCCNC(C)=O.CC(=O)CCCCCNC(C)=O.[HH]. The number of rotatable bonds is 18. The number of amides is 3. The van der Waals surface area contributed by atoms with Crippen molar-refractivity contribution in [3.63, 3.8) is 0 Å². The Morgan fingerprint density at radius 2 is 0.812 bits per heavy atom. The van der Waals surface area contributed by atoms with Gasteiger partial charge in [0.05, 0.1) is 0 Å². The molecule has 0 saturated carbocycles. The van der Waals surface area contributed by atoms with Crippen molar-refractivity contribution in [2.45, 2.75) is 105 Å². The van der Waals surface area contributed by atoms with Crippen LogP contribution in [0.4, 0.5) is 0 Å². The zero-order valence-corrected chi connectivity index (χ0v) is 20.6. The van der Waals surface area contributed by atoms with Crippen molar-refractivity contribution in [3.8, 4) is 0 Å². The van der Waals surface area contributed by atoms with E-state index in [0.29, 0.717) is 32.4 Å². The molecular formula is C24H47N3O5. The van der Waals surface area contributed by atoms with Crippen LogP contribution in [0.2, 0.25) is 0 Å². The minimum absolute atomic E-state index is 0. The number of hydrogen-bond acceptors (Lipinski definition) is 5. The van der Waals surface area contributed by atoms with Crippen LogP contribution in [0.15, 0.2) is 0 Å². The Labute approximate surface area is 195 Å². The van der Waals surface area contributed by atoms with Crippen LogP contribution >= 0.6 is 0 Å². The molecule has 0 fully saturated rings. The van der Waals surface area contributed by atoms with E-state index in [1.54, 1.807) is 13.8 Å². The number of carbonyl (C=O) groups excluding carboxylic acids is 5. The van der Waals surface area contributed by atoms with Gasteiger partial charge in [-0.25, -0.2) is 0 Å². The summed E-state index contributed by atoms with van der Waals surface area (Å²) in [7, 11) is 0. The number of carbonyl (C=O) groups is 5. The van der Waals surface area contributed by atoms with Crippen molar-refractivity contribution in [2.24, 2.45) is 0 Å². The monoisotopic (exact) mass is 457 g/mol. The van der Waals surface area contributed by atoms with Crippen LogP contribution in [0.25, 0.3) is 0 Å². The summed E-state index contributed by atoms with van der Waals surface area (Å²) in [5.74, 6) is 0.577. The van der Waals surface area contributed by atoms with Crippen molar-refractivity contribution in [3.05, 3.63) is 0 Å². The highest BCUT2D eigenvalue weighted by atomic mass is 16.2. The maximum atomic E-state index is 11.5. The predicted octanol–water partition coefficient (Wildman–Crippen LogP) is 3.47. The summed E-state index contributed by atoms with van der Waals surface area (Å²) in [6.45, 7) is 8.34. The third-order valence-electron chi connectivity index (χ3n) is 4.56. The van der Waals surface area contributed by atoms with Crippen molar-refractivity contribution >= 4 is 29.3 Å². The highest BCUT2D eigenvalue weighted by molar-refractivity contribution is 5.76. The van der Waals surface area contributed by atoms with Gasteiger partial charge >= 0.3 is 0 Å². The van der Waals surface area contributed by atoms with Gasteiger partial charge in [-0.3, -0.25) is 14.4 Å². The standard InChI is InChI=1S/C15H28N2O3.C9H17NO2.H2/c1-13(18)9-5-3-8-12-17-15(20)10-6-4-7-11-16-14(2)19;1-8(11)6-4-3-5-7-10-9(2)12;/h3-12H2,1-2H3,(H,16,19)(H,17,20);3-7H2,1-2H3,(H,10,12);1H. The average molecular weight is 458 g/mol. The molecule has 0 spiro atoms. The first kappa shape index (κ1) is 31.9. The van der Waals surface area contributed by atoms with Gasteiger partial charge in [0.25, 0.3) is 0 Å². The van der Waals surface area contributed by atoms with E-state index in [2.05, 4.69) is 16.0 Å². The Balaban J connectivity index is -0.000000596. The Morgan fingerprint density at radius 3 is 1.16 bits per heavy atom. The second-order valence-corrected chi connectivity index (χ2v) is 8.15. The van der Waals surface area contributed by atoms with Gasteiger partial charge < -0.3 is 25.5 Å². The predicted molar refractivity (Wildman–Crippen MR) is 129 cm³/mol. The van der Waals surface area contributed by atoms with Crippen LogP contribution in [0.5, 0.6) is 0 Å². The fraction of sp³-hybridized carbons (Fsp3) is 0.792. The van der Waals surface area contributed by atoms with Crippen LogP contribution in [0.1, 0.15) is 106 Å². The van der Waals surface area contributed by atoms with Crippen LogP contribution in [0.3, 0.4) is 0 Å². The third-order valence-corrected chi connectivity index (χ3v) is 4.56. The molecule has 0 aromatic carbocycles. The second kappa shape index (κ2) is 23.4. The molecule has 0 aliphatic heterocycles. The van der Waals surface area contributed by atoms with Crippen LogP contribution in [-0.2, 0) is 24.0 Å². The highest BCUT2D eigenvalue weighted by Crippen LogP contribution is 2.01. The second-order valence-electron chi connectivity index (χ2n) is 8.15. The van der Waals surface area contributed by atoms with Gasteiger partial charge in [0.2, 0.25) is 17.7 Å². The molecule has 0 bridgehead atoms. The molecule has 3 amide bonds. The number of ketones is 2. The van der Waals surface area contributed by atoms with E-state index in [4.69, 9.17) is 0 Å². The van der Waals surface area contributed by atoms with Gasteiger partial charge in [-0.15, -0.1) is 0 Å². The molecule has 188 valence electrons. The summed E-state index contributed by atoms with van der Waals surface area (Å²) in [6.07, 6.45) is 10.3. The van der Waals surface area contributed by atoms with Gasteiger partial charge in [0.15, 0.2) is 0 Å². The highest BCUT2D eigenvalue weighted by Gasteiger charge is 2.01. The Hall–Kier alpha value is -2.25. The van der Waals surface area contributed by atoms with E-state index in [0.717, 1.165) is 64.3 Å². The van der Waals surface area contributed by atoms with E-state index in [1.807, 2.05) is 0 Å². The van der Waals surface area contributed by atoms with E-state index >= 15 is 0 Å². The number of unbranched alkanes of at least 4 members (excludes halogenated alkanes) is 6. The Kier molecular flexibility index (Phi) is 23.4. The van der Waals surface area contributed by atoms with Crippen molar-refractivity contribution in [2.75, 3.05) is 19.6 Å². The summed E-state index contributed by atoms with van der Waals surface area (Å²) in [5.41, 5.74) is 0. The lowest BCUT2D eigenvalue weighted by molar-refractivity contribution is -0.121. The fourth-order valence-electron chi connectivity index (χ4n) is 2.78. The minimum Gasteiger partial charge on any atom is -0.356 e. The molecule has 0 aliphatic rings. The third kappa shape index (κ3) is 32.4. The van der Waals surface area contributed by atoms with Crippen molar-refractivity contribution < 1.29 is 25.4 Å². The maximum Gasteiger partial charge on any atom is 0.219 e. The molecule has 0 aromatic rings. The molecule has 0 heterocycles. The normalized spacial score (nSPS) is 9.88. The van der Waals surface area contributed by atoms with Crippen molar-refractivity contribution in [1.82, 2.24) is 16.0 Å². The van der Waals surface area contributed by atoms with Crippen molar-refractivity contribution in [1.29, 1.82) is 0 Å². The number of nitrogens with one attached hydrogen (secondary N) is 3. The molecule has 0 aromatic heterocycles.